The Bertz CT molecular complexity index is 718. The lowest BCUT2D eigenvalue weighted by molar-refractivity contribution is 0.265. The van der Waals surface area contributed by atoms with Crippen LogP contribution in [0.1, 0.15) is 50.2 Å². The Hall–Kier alpha value is -2.31. The number of alkyl halides is 1. The number of hydrogen-bond donors (Lipinski definition) is 2. The number of nitrogens with two attached hydrogens (primary N) is 1. The standard InChI is InChI=1S/C18H23F2N5/c1-11(19)16-23-17(21)25-18(24-16)22-15(13-6-4-7-13)10-9-12-5-2-3-8-14(12)20/h2-3,5,8,11,13,15H,4,6-7,9-10H2,1H3,(H3,21,22,23,24,25)/t11-,15-/m0/s1. The maximum Gasteiger partial charge on any atom is 0.228 e. The molecule has 1 aliphatic rings. The molecule has 0 radical (unpaired) electrons. The molecular weight excluding hydrogens is 324 g/mol. The molecule has 0 bridgehead atoms. The first-order chi connectivity index (χ1) is 12.0. The summed E-state index contributed by atoms with van der Waals surface area (Å²) in [5.74, 6) is 0.608. The van der Waals surface area contributed by atoms with Crippen molar-refractivity contribution in [3.63, 3.8) is 0 Å². The molecule has 0 saturated heterocycles. The van der Waals surface area contributed by atoms with E-state index in [2.05, 4.69) is 20.3 Å². The van der Waals surface area contributed by atoms with Gasteiger partial charge in [0.1, 0.15) is 5.82 Å². The molecule has 0 spiro atoms. The molecule has 1 fully saturated rings. The molecule has 7 heteroatoms. The van der Waals surface area contributed by atoms with Crippen LogP contribution < -0.4 is 11.1 Å². The van der Waals surface area contributed by atoms with Crippen LogP contribution in [-0.2, 0) is 6.42 Å². The van der Waals surface area contributed by atoms with Gasteiger partial charge in [0, 0.05) is 6.04 Å². The van der Waals surface area contributed by atoms with Gasteiger partial charge < -0.3 is 11.1 Å². The normalized spacial score (nSPS) is 16.9. The molecular formula is C18H23F2N5. The van der Waals surface area contributed by atoms with E-state index < -0.39 is 6.17 Å². The number of hydrogen-bond acceptors (Lipinski definition) is 5. The van der Waals surface area contributed by atoms with Crippen LogP contribution in [0, 0.1) is 11.7 Å². The van der Waals surface area contributed by atoms with Gasteiger partial charge in [-0.1, -0.05) is 24.6 Å². The predicted octanol–water partition coefficient (Wildman–Crippen LogP) is 3.84. The Morgan fingerprint density at radius 3 is 2.64 bits per heavy atom. The molecule has 1 aliphatic carbocycles. The maximum atomic E-state index is 13.8. The molecule has 25 heavy (non-hydrogen) atoms. The van der Waals surface area contributed by atoms with Crippen molar-refractivity contribution in [3.8, 4) is 0 Å². The van der Waals surface area contributed by atoms with Crippen molar-refractivity contribution >= 4 is 11.9 Å². The van der Waals surface area contributed by atoms with E-state index in [1.165, 1.54) is 19.4 Å². The van der Waals surface area contributed by atoms with Crippen molar-refractivity contribution in [3.05, 3.63) is 41.5 Å². The van der Waals surface area contributed by atoms with Crippen LogP contribution in [0.2, 0.25) is 0 Å². The van der Waals surface area contributed by atoms with Gasteiger partial charge in [0.2, 0.25) is 11.9 Å². The predicted molar refractivity (Wildman–Crippen MR) is 93.2 cm³/mol. The molecule has 1 heterocycles. The topological polar surface area (TPSA) is 76.7 Å². The average Bonchev–Trinajstić information content (AvgIpc) is 2.51. The first kappa shape index (κ1) is 17.5. The number of aryl methyl sites for hydroxylation is 1. The molecule has 1 aromatic carbocycles. The van der Waals surface area contributed by atoms with E-state index in [1.54, 1.807) is 12.1 Å². The molecule has 3 rings (SSSR count). The minimum atomic E-state index is -1.31. The highest BCUT2D eigenvalue weighted by Gasteiger charge is 2.28. The van der Waals surface area contributed by atoms with Crippen molar-refractivity contribution in [2.75, 3.05) is 11.1 Å². The van der Waals surface area contributed by atoms with Gasteiger partial charge in [-0.2, -0.15) is 15.0 Å². The lowest BCUT2D eigenvalue weighted by Gasteiger charge is -2.34. The van der Waals surface area contributed by atoms with Crippen LogP contribution in [-0.4, -0.2) is 21.0 Å². The van der Waals surface area contributed by atoms with Crippen LogP contribution in [0.4, 0.5) is 20.7 Å². The van der Waals surface area contributed by atoms with Gasteiger partial charge in [0.15, 0.2) is 12.0 Å². The Morgan fingerprint density at radius 2 is 2.00 bits per heavy atom. The lowest BCUT2D eigenvalue weighted by atomic mass is 9.78. The van der Waals surface area contributed by atoms with Crippen molar-refractivity contribution in [1.29, 1.82) is 0 Å². The molecule has 2 atom stereocenters. The van der Waals surface area contributed by atoms with E-state index in [0.29, 0.717) is 17.9 Å². The van der Waals surface area contributed by atoms with Crippen molar-refractivity contribution in [1.82, 2.24) is 15.0 Å². The first-order valence-corrected chi connectivity index (χ1v) is 8.68. The molecule has 3 N–H and O–H groups in total. The summed E-state index contributed by atoms with van der Waals surface area (Å²) in [7, 11) is 0. The van der Waals surface area contributed by atoms with Crippen LogP contribution in [0.25, 0.3) is 0 Å². The zero-order valence-electron chi connectivity index (χ0n) is 14.3. The number of aromatic nitrogens is 3. The summed E-state index contributed by atoms with van der Waals surface area (Å²) in [6.07, 6.45) is 3.47. The third-order valence-corrected chi connectivity index (χ3v) is 4.74. The summed E-state index contributed by atoms with van der Waals surface area (Å²) in [5.41, 5.74) is 6.36. The third-order valence-electron chi connectivity index (χ3n) is 4.74. The summed E-state index contributed by atoms with van der Waals surface area (Å²) in [4.78, 5) is 12.0. The molecule has 0 amide bonds. The van der Waals surface area contributed by atoms with E-state index in [1.807, 2.05) is 6.07 Å². The van der Waals surface area contributed by atoms with Crippen LogP contribution in [0.5, 0.6) is 0 Å². The fourth-order valence-electron chi connectivity index (χ4n) is 3.10. The van der Waals surface area contributed by atoms with E-state index in [0.717, 1.165) is 19.3 Å². The minimum Gasteiger partial charge on any atom is -0.368 e. The van der Waals surface area contributed by atoms with Crippen molar-refractivity contribution in [2.24, 2.45) is 5.92 Å². The van der Waals surface area contributed by atoms with Gasteiger partial charge in [-0.05, 0) is 50.2 Å². The number of halogens is 2. The second-order valence-corrected chi connectivity index (χ2v) is 6.56. The zero-order valence-corrected chi connectivity index (χ0v) is 14.3. The Balaban J connectivity index is 1.72. The number of rotatable bonds is 7. The highest BCUT2D eigenvalue weighted by molar-refractivity contribution is 5.33. The number of nitrogen functional groups attached to an aromatic ring is 1. The van der Waals surface area contributed by atoms with E-state index in [4.69, 9.17) is 5.73 Å². The molecule has 2 aromatic rings. The lowest BCUT2D eigenvalue weighted by Crippen LogP contribution is -2.35. The van der Waals surface area contributed by atoms with E-state index >= 15 is 0 Å². The summed E-state index contributed by atoms with van der Waals surface area (Å²) in [5, 5.41) is 3.28. The Kier molecular flexibility index (Phi) is 5.40. The smallest absolute Gasteiger partial charge is 0.228 e. The Labute approximate surface area is 146 Å². The zero-order chi connectivity index (χ0) is 17.8. The van der Waals surface area contributed by atoms with E-state index in [-0.39, 0.29) is 29.6 Å². The first-order valence-electron chi connectivity index (χ1n) is 8.68. The van der Waals surface area contributed by atoms with Gasteiger partial charge in [-0.15, -0.1) is 0 Å². The second-order valence-electron chi connectivity index (χ2n) is 6.56. The maximum absolute atomic E-state index is 13.8. The molecule has 0 unspecified atom stereocenters. The van der Waals surface area contributed by atoms with Gasteiger partial charge >= 0.3 is 0 Å². The van der Waals surface area contributed by atoms with Gasteiger partial charge in [0.25, 0.3) is 0 Å². The van der Waals surface area contributed by atoms with Crippen molar-refractivity contribution < 1.29 is 8.78 Å². The molecule has 134 valence electrons. The number of nitrogens with one attached hydrogen (secondary N) is 1. The monoisotopic (exact) mass is 347 g/mol. The van der Waals surface area contributed by atoms with Crippen LogP contribution >= 0.6 is 0 Å². The number of nitrogens with zero attached hydrogens (tertiary/aromatic N) is 3. The fourth-order valence-corrected chi connectivity index (χ4v) is 3.10. The molecule has 1 saturated carbocycles. The summed E-state index contributed by atoms with van der Waals surface area (Å²) in [6, 6.07) is 6.90. The average molecular weight is 347 g/mol. The Morgan fingerprint density at radius 1 is 1.24 bits per heavy atom. The minimum absolute atomic E-state index is 0.00142. The summed E-state index contributed by atoms with van der Waals surface area (Å²) < 4.78 is 27.4. The molecule has 1 aromatic heterocycles. The SMILES string of the molecule is C[C@H](F)c1nc(N)nc(N[C@@H](CCc2ccccc2F)C2CCC2)n1. The summed E-state index contributed by atoms with van der Waals surface area (Å²) in [6.45, 7) is 1.36. The van der Waals surface area contributed by atoms with E-state index in [9.17, 15) is 8.78 Å². The summed E-state index contributed by atoms with van der Waals surface area (Å²) >= 11 is 0. The molecule has 0 aliphatic heterocycles. The number of anilines is 2. The van der Waals surface area contributed by atoms with Crippen LogP contribution in [0.3, 0.4) is 0 Å². The fraction of sp³-hybridized carbons (Fsp3) is 0.500. The molecule has 5 nitrogen and oxygen atoms in total. The number of benzene rings is 1. The third kappa shape index (κ3) is 4.41. The van der Waals surface area contributed by atoms with Crippen LogP contribution in [0.15, 0.2) is 24.3 Å². The van der Waals surface area contributed by atoms with Gasteiger partial charge in [-0.25, -0.2) is 8.78 Å². The van der Waals surface area contributed by atoms with Crippen molar-refractivity contribution in [2.45, 2.75) is 51.2 Å². The van der Waals surface area contributed by atoms with Gasteiger partial charge in [0.05, 0.1) is 0 Å². The second kappa shape index (κ2) is 7.72. The highest BCUT2D eigenvalue weighted by atomic mass is 19.1. The van der Waals surface area contributed by atoms with Gasteiger partial charge in [-0.3, -0.25) is 0 Å². The largest absolute Gasteiger partial charge is 0.368 e. The quantitative estimate of drug-likeness (QED) is 0.796. The highest BCUT2D eigenvalue weighted by Crippen LogP contribution is 2.33.